The Hall–Kier alpha value is -1.55. The van der Waals surface area contributed by atoms with Crippen LogP contribution in [0.1, 0.15) is 26.3 Å². The first-order valence-corrected chi connectivity index (χ1v) is 6.23. The molecule has 0 bridgehead atoms. The topological polar surface area (TPSA) is 58.6 Å². The van der Waals surface area contributed by atoms with E-state index in [-0.39, 0.29) is 6.04 Å². The second kappa shape index (κ2) is 7.01. The van der Waals surface area contributed by atoms with Crippen molar-refractivity contribution in [3.63, 3.8) is 0 Å². The van der Waals surface area contributed by atoms with E-state index in [9.17, 15) is 4.79 Å². The minimum atomic E-state index is -0.822. The maximum absolute atomic E-state index is 11.1. The quantitative estimate of drug-likeness (QED) is 0.779. The van der Waals surface area contributed by atoms with Crippen LogP contribution in [0.4, 0.5) is 0 Å². The third-order valence-corrected chi connectivity index (χ3v) is 2.51. The molecule has 1 rings (SSSR count). The summed E-state index contributed by atoms with van der Waals surface area (Å²) in [5.74, 6) is -0.0115. The maximum atomic E-state index is 11.1. The summed E-state index contributed by atoms with van der Waals surface area (Å²) in [5.41, 5.74) is 0.985. The van der Waals surface area contributed by atoms with Gasteiger partial charge in [-0.3, -0.25) is 4.79 Å². The number of hydrogen-bond acceptors (Lipinski definition) is 3. The van der Waals surface area contributed by atoms with Gasteiger partial charge in [0, 0.05) is 6.04 Å². The van der Waals surface area contributed by atoms with Crippen LogP contribution >= 0.6 is 0 Å². The molecule has 0 heterocycles. The number of hydrogen-bond donors (Lipinski definition) is 2. The Morgan fingerprint density at radius 2 is 1.94 bits per heavy atom. The molecule has 0 saturated heterocycles. The minimum absolute atomic E-state index is 0.147. The van der Waals surface area contributed by atoms with E-state index in [1.54, 1.807) is 0 Å². The molecule has 0 aliphatic rings. The molecule has 0 radical (unpaired) electrons. The van der Waals surface area contributed by atoms with E-state index in [0.29, 0.717) is 13.0 Å². The van der Waals surface area contributed by atoms with Crippen molar-refractivity contribution in [3.05, 3.63) is 29.8 Å². The van der Waals surface area contributed by atoms with Gasteiger partial charge in [-0.25, -0.2) is 0 Å². The van der Waals surface area contributed by atoms with Crippen molar-refractivity contribution in [2.24, 2.45) is 0 Å². The van der Waals surface area contributed by atoms with E-state index in [0.717, 1.165) is 11.3 Å². The van der Waals surface area contributed by atoms with Gasteiger partial charge in [-0.1, -0.05) is 26.0 Å². The molecule has 2 N–H and O–H groups in total. The highest BCUT2D eigenvalue weighted by atomic mass is 16.5. The van der Waals surface area contributed by atoms with Crippen LogP contribution < -0.4 is 10.1 Å². The lowest BCUT2D eigenvalue weighted by atomic mass is 10.1. The number of carboxylic acids is 1. The predicted octanol–water partition coefficient (Wildman–Crippen LogP) is 2.08. The molecule has 4 nitrogen and oxygen atoms in total. The van der Waals surface area contributed by atoms with Gasteiger partial charge in [0.15, 0.2) is 0 Å². The van der Waals surface area contributed by atoms with Crippen LogP contribution in [-0.2, 0) is 11.2 Å². The molecule has 1 atom stereocenters. The summed E-state index contributed by atoms with van der Waals surface area (Å²) in [7, 11) is 0. The fraction of sp³-hybridized carbons (Fsp3) is 0.500. The highest BCUT2D eigenvalue weighted by molar-refractivity contribution is 5.74. The van der Waals surface area contributed by atoms with Crippen LogP contribution in [0.5, 0.6) is 5.75 Å². The van der Waals surface area contributed by atoms with Gasteiger partial charge in [0.05, 0.1) is 6.61 Å². The number of ether oxygens (including phenoxy) is 1. The third-order valence-electron chi connectivity index (χ3n) is 2.51. The smallest absolute Gasteiger partial charge is 0.321 e. The first-order valence-electron chi connectivity index (χ1n) is 6.23. The van der Waals surface area contributed by atoms with Crippen molar-refractivity contribution >= 4 is 5.97 Å². The second-order valence-corrected chi connectivity index (χ2v) is 4.49. The van der Waals surface area contributed by atoms with Crippen LogP contribution in [0.15, 0.2) is 24.3 Å². The summed E-state index contributed by atoms with van der Waals surface area (Å²) in [6.07, 6.45) is 0.472. The van der Waals surface area contributed by atoms with E-state index in [4.69, 9.17) is 9.84 Å². The first-order chi connectivity index (χ1) is 8.52. The number of nitrogens with one attached hydrogen (secondary N) is 1. The number of carbonyl (C=O) groups is 1. The summed E-state index contributed by atoms with van der Waals surface area (Å²) in [6, 6.07) is 7.14. The van der Waals surface area contributed by atoms with Gasteiger partial charge in [0.25, 0.3) is 0 Å². The Labute approximate surface area is 108 Å². The zero-order valence-corrected chi connectivity index (χ0v) is 11.1. The Morgan fingerprint density at radius 3 is 2.39 bits per heavy atom. The molecule has 100 valence electrons. The number of benzene rings is 1. The van der Waals surface area contributed by atoms with Gasteiger partial charge < -0.3 is 15.2 Å². The highest BCUT2D eigenvalue weighted by Crippen LogP contribution is 2.13. The van der Waals surface area contributed by atoms with E-state index in [1.807, 2.05) is 45.0 Å². The second-order valence-electron chi connectivity index (χ2n) is 4.49. The van der Waals surface area contributed by atoms with Crippen LogP contribution in [0.3, 0.4) is 0 Å². The molecule has 0 unspecified atom stereocenters. The summed E-state index contributed by atoms with van der Waals surface area (Å²) >= 11 is 0. The fourth-order valence-electron chi connectivity index (χ4n) is 1.74. The zero-order chi connectivity index (χ0) is 13.5. The number of aliphatic carboxylic acids is 1. The molecule has 4 heteroatoms. The molecule has 1 aromatic carbocycles. The van der Waals surface area contributed by atoms with Crippen molar-refractivity contribution in [2.75, 3.05) is 6.61 Å². The molecule has 0 fully saturated rings. The Bertz CT molecular complexity index is 373. The molecule has 0 aliphatic heterocycles. The van der Waals surface area contributed by atoms with Crippen molar-refractivity contribution in [3.8, 4) is 5.75 Å². The van der Waals surface area contributed by atoms with Gasteiger partial charge in [0.1, 0.15) is 11.8 Å². The molecule has 0 spiro atoms. The summed E-state index contributed by atoms with van der Waals surface area (Å²) in [4.78, 5) is 11.1. The monoisotopic (exact) mass is 251 g/mol. The molecule has 1 aromatic rings. The normalized spacial score (nSPS) is 12.4. The van der Waals surface area contributed by atoms with Gasteiger partial charge in [-0.2, -0.15) is 0 Å². The fourth-order valence-corrected chi connectivity index (χ4v) is 1.74. The molecule has 18 heavy (non-hydrogen) atoms. The number of carboxylic acid groups (broad SMARTS) is 1. The van der Waals surface area contributed by atoms with Gasteiger partial charge in [0.2, 0.25) is 0 Å². The molecule has 0 aromatic heterocycles. The third kappa shape index (κ3) is 4.75. The standard InChI is InChI=1S/C14H21NO3/c1-4-18-12-7-5-11(6-8-12)9-13(14(16)17)15-10(2)3/h5-8,10,13,15H,4,9H2,1-3H3,(H,16,17)/t13-/m0/s1. The number of rotatable bonds is 7. The molecule has 0 saturated carbocycles. The van der Waals surface area contributed by atoms with Crippen molar-refractivity contribution in [1.29, 1.82) is 0 Å². The Balaban J connectivity index is 2.66. The average Bonchev–Trinajstić information content (AvgIpc) is 2.30. The van der Waals surface area contributed by atoms with E-state index in [2.05, 4.69) is 5.32 Å². The van der Waals surface area contributed by atoms with Crippen molar-refractivity contribution in [2.45, 2.75) is 39.3 Å². The van der Waals surface area contributed by atoms with E-state index >= 15 is 0 Å². The van der Waals surface area contributed by atoms with E-state index < -0.39 is 12.0 Å². The minimum Gasteiger partial charge on any atom is -0.494 e. The van der Waals surface area contributed by atoms with Gasteiger partial charge >= 0.3 is 5.97 Å². The summed E-state index contributed by atoms with van der Waals surface area (Å²) in [5, 5.41) is 12.2. The summed E-state index contributed by atoms with van der Waals surface area (Å²) < 4.78 is 5.35. The zero-order valence-electron chi connectivity index (χ0n) is 11.1. The molecule has 0 aliphatic carbocycles. The molecular formula is C14H21NO3. The molecular weight excluding hydrogens is 230 g/mol. The first kappa shape index (κ1) is 14.5. The largest absolute Gasteiger partial charge is 0.494 e. The average molecular weight is 251 g/mol. The Kier molecular flexibility index (Phi) is 5.65. The predicted molar refractivity (Wildman–Crippen MR) is 71.0 cm³/mol. The van der Waals surface area contributed by atoms with Crippen molar-refractivity contribution in [1.82, 2.24) is 5.32 Å². The van der Waals surface area contributed by atoms with Crippen molar-refractivity contribution < 1.29 is 14.6 Å². The van der Waals surface area contributed by atoms with Crippen LogP contribution in [0, 0.1) is 0 Å². The van der Waals surface area contributed by atoms with Crippen LogP contribution in [-0.4, -0.2) is 29.8 Å². The lowest BCUT2D eigenvalue weighted by molar-refractivity contribution is -0.139. The summed E-state index contributed by atoms with van der Waals surface area (Å²) in [6.45, 7) is 6.44. The lowest BCUT2D eigenvalue weighted by Gasteiger charge is -2.17. The van der Waals surface area contributed by atoms with Crippen LogP contribution in [0.25, 0.3) is 0 Å². The van der Waals surface area contributed by atoms with Crippen LogP contribution in [0.2, 0.25) is 0 Å². The van der Waals surface area contributed by atoms with Gasteiger partial charge in [-0.05, 0) is 31.0 Å². The van der Waals surface area contributed by atoms with Gasteiger partial charge in [-0.15, -0.1) is 0 Å². The SMILES string of the molecule is CCOc1ccc(C[C@H](NC(C)C)C(=O)O)cc1. The van der Waals surface area contributed by atoms with E-state index in [1.165, 1.54) is 0 Å². The molecule has 0 amide bonds. The maximum Gasteiger partial charge on any atom is 0.321 e. The highest BCUT2D eigenvalue weighted by Gasteiger charge is 2.18. The lowest BCUT2D eigenvalue weighted by Crippen LogP contribution is -2.42. The Morgan fingerprint density at radius 1 is 1.33 bits per heavy atom.